The van der Waals surface area contributed by atoms with Crippen LogP contribution in [0.3, 0.4) is 0 Å². The van der Waals surface area contributed by atoms with E-state index in [0.717, 1.165) is 48.6 Å². The number of nitrogens with one attached hydrogen (secondary N) is 1. The lowest BCUT2D eigenvalue weighted by atomic mass is 9.72. The van der Waals surface area contributed by atoms with Gasteiger partial charge in [-0.05, 0) is 48.1 Å². The third-order valence-electron chi connectivity index (χ3n) is 6.59. The number of nitrogens with zero attached hydrogens (tertiary/aromatic N) is 4. The third-order valence-corrected chi connectivity index (χ3v) is 8.78. The van der Waals surface area contributed by atoms with Crippen LogP contribution in [-0.4, -0.2) is 26.4 Å². The standard InChI is InChI=1S/C26H31N5OS2/c1-26(2,3)18-11-12-19-20(15-27)24(34-21(19)14-18)28-23(32)16-33-25-30-29-22(31(25)4)13-10-17-8-6-5-7-9-17/h5-9,18H,10-14,16H2,1-4H3,(H,28,32). The number of fused-ring (bicyclic) bond motifs is 1. The predicted molar refractivity (Wildman–Crippen MR) is 138 cm³/mol. The molecule has 0 saturated carbocycles. The number of anilines is 1. The second kappa shape index (κ2) is 10.3. The van der Waals surface area contributed by atoms with Gasteiger partial charge in [-0.1, -0.05) is 62.9 Å². The van der Waals surface area contributed by atoms with Crippen molar-refractivity contribution in [2.75, 3.05) is 11.1 Å². The van der Waals surface area contributed by atoms with Crippen LogP contribution >= 0.6 is 23.1 Å². The Morgan fingerprint density at radius 3 is 2.74 bits per heavy atom. The van der Waals surface area contributed by atoms with Crippen molar-refractivity contribution in [3.63, 3.8) is 0 Å². The Balaban J connectivity index is 1.36. The van der Waals surface area contributed by atoms with E-state index in [4.69, 9.17) is 0 Å². The number of thiophene rings is 1. The summed E-state index contributed by atoms with van der Waals surface area (Å²) in [6.45, 7) is 6.84. The first kappa shape index (κ1) is 24.5. The van der Waals surface area contributed by atoms with Crippen LogP contribution in [0.5, 0.6) is 0 Å². The van der Waals surface area contributed by atoms with Gasteiger partial charge in [0.05, 0.1) is 11.3 Å². The van der Waals surface area contributed by atoms with Gasteiger partial charge in [0.1, 0.15) is 16.9 Å². The highest BCUT2D eigenvalue weighted by Crippen LogP contribution is 2.44. The fourth-order valence-electron chi connectivity index (χ4n) is 4.41. The molecule has 1 aliphatic carbocycles. The minimum Gasteiger partial charge on any atom is -0.316 e. The van der Waals surface area contributed by atoms with Gasteiger partial charge in [-0.15, -0.1) is 21.5 Å². The quantitative estimate of drug-likeness (QED) is 0.445. The predicted octanol–water partition coefficient (Wildman–Crippen LogP) is 5.42. The molecule has 0 fully saturated rings. The van der Waals surface area contributed by atoms with E-state index in [1.54, 1.807) is 11.3 Å². The number of rotatable bonds is 7. The summed E-state index contributed by atoms with van der Waals surface area (Å²) in [5.41, 5.74) is 3.28. The van der Waals surface area contributed by atoms with E-state index >= 15 is 0 Å². The van der Waals surface area contributed by atoms with Gasteiger partial charge in [0.15, 0.2) is 5.16 Å². The molecular weight excluding hydrogens is 462 g/mol. The van der Waals surface area contributed by atoms with E-state index in [0.29, 0.717) is 16.5 Å². The van der Waals surface area contributed by atoms with Crippen LogP contribution in [0.15, 0.2) is 35.5 Å². The van der Waals surface area contributed by atoms with Gasteiger partial charge in [0.2, 0.25) is 5.91 Å². The van der Waals surface area contributed by atoms with Crippen molar-refractivity contribution in [2.45, 2.75) is 58.0 Å². The highest BCUT2D eigenvalue weighted by molar-refractivity contribution is 7.99. The Morgan fingerprint density at radius 1 is 1.26 bits per heavy atom. The van der Waals surface area contributed by atoms with E-state index in [9.17, 15) is 10.1 Å². The summed E-state index contributed by atoms with van der Waals surface area (Å²) in [4.78, 5) is 14.0. The number of hydrogen-bond acceptors (Lipinski definition) is 6. The lowest BCUT2D eigenvalue weighted by molar-refractivity contribution is -0.113. The largest absolute Gasteiger partial charge is 0.316 e. The van der Waals surface area contributed by atoms with Crippen LogP contribution in [-0.2, 0) is 37.5 Å². The van der Waals surface area contributed by atoms with Crippen molar-refractivity contribution in [3.05, 3.63) is 57.7 Å². The molecule has 6 nitrogen and oxygen atoms in total. The molecule has 0 radical (unpaired) electrons. The average Bonchev–Trinajstić information content (AvgIpc) is 3.34. The molecule has 0 spiro atoms. The van der Waals surface area contributed by atoms with Gasteiger partial charge in [-0.2, -0.15) is 5.26 Å². The van der Waals surface area contributed by atoms with Gasteiger partial charge in [-0.25, -0.2) is 0 Å². The zero-order valence-corrected chi connectivity index (χ0v) is 21.9. The molecular formula is C26H31N5OS2. The molecule has 1 atom stereocenters. The van der Waals surface area contributed by atoms with Gasteiger partial charge >= 0.3 is 0 Å². The monoisotopic (exact) mass is 493 g/mol. The molecule has 1 N–H and O–H groups in total. The summed E-state index contributed by atoms with van der Waals surface area (Å²) in [6, 6.07) is 12.6. The normalized spacial score (nSPS) is 15.6. The maximum atomic E-state index is 12.7. The molecule has 0 saturated heterocycles. The molecule has 0 bridgehead atoms. The molecule has 0 aliphatic heterocycles. The van der Waals surface area contributed by atoms with E-state index < -0.39 is 0 Å². The third kappa shape index (κ3) is 5.53. The molecule has 4 rings (SSSR count). The Hall–Kier alpha value is -2.63. The molecule has 1 aromatic carbocycles. The van der Waals surface area contributed by atoms with E-state index in [1.807, 2.05) is 29.8 Å². The number of carbonyl (C=O) groups excluding carboxylic acids is 1. The number of benzene rings is 1. The number of amides is 1. The highest BCUT2D eigenvalue weighted by Gasteiger charge is 2.32. The fourth-order valence-corrected chi connectivity index (χ4v) is 6.44. The van der Waals surface area contributed by atoms with Gasteiger partial charge in [0.25, 0.3) is 0 Å². The van der Waals surface area contributed by atoms with E-state index in [1.165, 1.54) is 22.2 Å². The first-order chi connectivity index (χ1) is 16.3. The highest BCUT2D eigenvalue weighted by atomic mass is 32.2. The second-order valence-corrected chi connectivity index (χ2v) is 12.0. The van der Waals surface area contributed by atoms with Crippen LogP contribution in [0.4, 0.5) is 5.00 Å². The van der Waals surface area contributed by atoms with Crippen LogP contribution < -0.4 is 5.32 Å². The van der Waals surface area contributed by atoms with Crippen molar-refractivity contribution in [2.24, 2.45) is 18.4 Å². The van der Waals surface area contributed by atoms with Crippen molar-refractivity contribution in [3.8, 4) is 6.07 Å². The van der Waals surface area contributed by atoms with Crippen molar-refractivity contribution in [1.29, 1.82) is 5.26 Å². The first-order valence-electron chi connectivity index (χ1n) is 11.7. The number of nitriles is 1. The molecule has 1 aliphatic rings. The average molecular weight is 494 g/mol. The van der Waals surface area contributed by atoms with E-state index in [2.05, 4.69) is 54.5 Å². The van der Waals surface area contributed by atoms with Crippen molar-refractivity contribution in [1.82, 2.24) is 14.8 Å². The number of thioether (sulfide) groups is 1. The topological polar surface area (TPSA) is 83.6 Å². The Morgan fingerprint density at radius 2 is 2.03 bits per heavy atom. The molecule has 8 heteroatoms. The number of aryl methyl sites for hydroxylation is 2. The molecule has 34 heavy (non-hydrogen) atoms. The van der Waals surface area contributed by atoms with E-state index in [-0.39, 0.29) is 17.1 Å². The van der Waals surface area contributed by atoms with Crippen LogP contribution in [0, 0.1) is 22.7 Å². The fraction of sp³-hybridized carbons (Fsp3) is 0.462. The summed E-state index contributed by atoms with van der Waals surface area (Å²) in [6.07, 6.45) is 4.67. The van der Waals surface area contributed by atoms with Crippen molar-refractivity contribution >= 4 is 34.0 Å². The summed E-state index contributed by atoms with van der Waals surface area (Å²) in [5.74, 6) is 1.60. The first-order valence-corrected chi connectivity index (χ1v) is 13.5. The lowest BCUT2D eigenvalue weighted by Gasteiger charge is -2.33. The Labute approximate surface area is 209 Å². The van der Waals surface area contributed by atoms with Gasteiger partial charge < -0.3 is 9.88 Å². The Kier molecular flexibility index (Phi) is 7.44. The maximum Gasteiger partial charge on any atom is 0.235 e. The lowest BCUT2D eigenvalue weighted by Crippen LogP contribution is -2.26. The summed E-state index contributed by atoms with van der Waals surface area (Å²) >= 11 is 2.94. The molecule has 1 amide bonds. The smallest absolute Gasteiger partial charge is 0.235 e. The van der Waals surface area contributed by atoms with Crippen LogP contribution in [0.25, 0.3) is 0 Å². The number of carbonyl (C=O) groups is 1. The maximum absolute atomic E-state index is 12.7. The molecule has 1 unspecified atom stereocenters. The van der Waals surface area contributed by atoms with Crippen LogP contribution in [0.1, 0.15) is 54.6 Å². The molecule has 178 valence electrons. The summed E-state index contributed by atoms with van der Waals surface area (Å²) in [5, 5.41) is 22.7. The molecule has 2 aromatic heterocycles. The zero-order valence-electron chi connectivity index (χ0n) is 20.2. The SMILES string of the molecule is Cn1c(CCc2ccccc2)nnc1SCC(=O)Nc1sc2c(c1C#N)CCC(C(C)(C)C)C2. The van der Waals surface area contributed by atoms with Gasteiger partial charge in [-0.3, -0.25) is 4.79 Å². The van der Waals surface area contributed by atoms with Crippen molar-refractivity contribution < 1.29 is 4.79 Å². The Bertz CT molecular complexity index is 1200. The second-order valence-electron chi connectivity index (χ2n) is 9.91. The van der Waals surface area contributed by atoms with Crippen LogP contribution in [0.2, 0.25) is 0 Å². The van der Waals surface area contributed by atoms with Gasteiger partial charge in [0, 0.05) is 18.3 Å². The minimum absolute atomic E-state index is 0.124. The minimum atomic E-state index is -0.124. The molecule has 3 aromatic rings. The zero-order chi connectivity index (χ0) is 24.3. The summed E-state index contributed by atoms with van der Waals surface area (Å²) in [7, 11) is 1.94. The molecule has 2 heterocycles. The number of hydrogen-bond donors (Lipinski definition) is 1. The summed E-state index contributed by atoms with van der Waals surface area (Å²) < 4.78 is 1.96. The number of aromatic nitrogens is 3.